The predicted molar refractivity (Wildman–Crippen MR) is 129 cm³/mol. The van der Waals surface area contributed by atoms with Crippen molar-refractivity contribution in [3.05, 3.63) is 29.8 Å². The van der Waals surface area contributed by atoms with E-state index >= 15 is 0 Å². The van der Waals surface area contributed by atoms with Crippen LogP contribution in [0.25, 0.3) is 0 Å². The van der Waals surface area contributed by atoms with Crippen LogP contribution in [0.3, 0.4) is 0 Å². The Morgan fingerprint density at radius 3 is 2.54 bits per heavy atom. The predicted octanol–water partition coefficient (Wildman–Crippen LogP) is 3.36. The first-order valence-electron chi connectivity index (χ1n) is 9.47. The summed E-state index contributed by atoms with van der Waals surface area (Å²) in [5.74, 6) is 1.68. The number of hydrogen-bond acceptors (Lipinski definition) is 4. The number of aliphatic imine (C=N–C) groups is 1. The number of benzene rings is 1. The number of sulfone groups is 1. The van der Waals surface area contributed by atoms with E-state index in [0.717, 1.165) is 12.3 Å². The molecule has 1 unspecified atom stereocenters. The van der Waals surface area contributed by atoms with Crippen molar-refractivity contribution in [2.45, 2.75) is 52.5 Å². The average molecular weight is 525 g/mol. The van der Waals surface area contributed by atoms with Crippen LogP contribution in [0.1, 0.15) is 46.6 Å². The van der Waals surface area contributed by atoms with E-state index < -0.39 is 9.84 Å². The van der Waals surface area contributed by atoms with Gasteiger partial charge in [-0.1, -0.05) is 32.9 Å². The van der Waals surface area contributed by atoms with Crippen LogP contribution in [0, 0.1) is 0 Å². The molecule has 1 rings (SSSR count). The molecule has 0 aliphatic heterocycles. The van der Waals surface area contributed by atoms with Crippen molar-refractivity contribution in [3.8, 4) is 5.75 Å². The fourth-order valence-corrected chi connectivity index (χ4v) is 3.17. The summed E-state index contributed by atoms with van der Waals surface area (Å²) in [7, 11) is -2.95. The lowest BCUT2D eigenvalue weighted by Gasteiger charge is -2.20. The summed E-state index contributed by atoms with van der Waals surface area (Å²) in [6.07, 6.45) is 1.80. The van der Waals surface area contributed by atoms with E-state index in [1.165, 1.54) is 11.8 Å². The number of ether oxygens (including phenoxy) is 1. The minimum absolute atomic E-state index is 0. The van der Waals surface area contributed by atoms with Gasteiger partial charge in [-0.05, 0) is 43.4 Å². The van der Waals surface area contributed by atoms with Gasteiger partial charge in [0.1, 0.15) is 22.2 Å². The highest BCUT2D eigenvalue weighted by Crippen LogP contribution is 2.25. The summed E-state index contributed by atoms with van der Waals surface area (Å²) in [5, 5.41) is 6.41. The summed E-state index contributed by atoms with van der Waals surface area (Å²) in [6, 6.07) is 8.16. The van der Waals surface area contributed by atoms with E-state index in [0.29, 0.717) is 25.5 Å². The van der Waals surface area contributed by atoms with Crippen molar-refractivity contribution < 1.29 is 13.2 Å². The quantitative estimate of drug-likeness (QED) is 0.224. The van der Waals surface area contributed by atoms with E-state index in [1.807, 2.05) is 26.0 Å². The van der Waals surface area contributed by atoms with Gasteiger partial charge in [-0.2, -0.15) is 0 Å². The second-order valence-corrected chi connectivity index (χ2v) is 10.1. The monoisotopic (exact) mass is 525 g/mol. The molecule has 0 heterocycles. The van der Waals surface area contributed by atoms with Gasteiger partial charge in [0.15, 0.2) is 5.96 Å². The van der Waals surface area contributed by atoms with Gasteiger partial charge in [-0.3, -0.25) is 0 Å². The summed E-state index contributed by atoms with van der Waals surface area (Å²) in [6.45, 7) is 12.2. The summed E-state index contributed by atoms with van der Waals surface area (Å²) >= 11 is 0. The van der Waals surface area contributed by atoms with Crippen molar-refractivity contribution in [2.75, 3.05) is 31.7 Å². The summed E-state index contributed by atoms with van der Waals surface area (Å²) in [4.78, 5) is 4.50. The number of nitrogens with one attached hydrogen (secondary N) is 2. The number of rotatable bonds is 9. The highest BCUT2D eigenvalue weighted by atomic mass is 127. The van der Waals surface area contributed by atoms with Gasteiger partial charge < -0.3 is 15.4 Å². The largest absolute Gasteiger partial charge is 0.492 e. The Kier molecular flexibility index (Phi) is 12.1. The van der Waals surface area contributed by atoms with E-state index in [2.05, 4.69) is 48.5 Å². The SMILES string of the molecule is CCNC(=NCCOc1cccc(C(C)(C)C)c1)NC(C)CCS(C)(=O)=O.I. The van der Waals surface area contributed by atoms with Crippen molar-refractivity contribution in [3.63, 3.8) is 0 Å². The van der Waals surface area contributed by atoms with Crippen LogP contribution in [-0.2, 0) is 15.3 Å². The fraction of sp³-hybridized carbons (Fsp3) is 0.650. The summed E-state index contributed by atoms with van der Waals surface area (Å²) in [5.41, 5.74) is 1.32. The lowest BCUT2D eigenvalue weighted by Crippen LogP contribution is -2.43. The molecule has 0 aliphatic rings. The maximum atomic E-state index is 11.3. The average Bonchev–Trinajstić information content (AvgIpc) is 2.56. The zero-order valence-corrected chi connectivity index (χ0v) is 21.1. The minimum atomic E-state index is -2.95. The molecule has 0 saturated heterocycles. The van der Waals surface area contributed by atoms with Crippen molar-refractivity contribution in [1.82, 2.24) is 10.6 Å². The molecule has 6 nitrogen and oxygen atoms in total. The molecule has 1 atom stereocenters. The van der Waals surface area contributed by atoms with Crippen LogP contribution in [0.2, 0.25) is 0 Å². The van der Waals surface area contributed by atoms with Crippen LogP contribution >= 0.6 is 24.0 Å². The fourth-order valence-electron chi connectivity index (χ4n) is 2.39. The molecule has 1 aromatic carbocycles. The van der Waals surface area contributed by atoms with Crippen molar-refractivity contribution >= 4 is 39.8 Å². The van der Waals surface area contributed by atoms with E-state index in [1.54, 1.807) is 0 Å². The zero-order chi connectivity index (χ0) is 20.5. The first-order chi connectivity index (χ1) is 12.5. The van der Waals surface area contributed by atoms with E-state index in [9.17, 15) is 8.42 Å². The van der Waals surface area contributed by atoms with Crippen LogP contribution in [0.5, 0.6) is 5.75 Å². The lowest BCUT2D eigenvalue weighted by molar-refractivity contribution is 0.327. The van der Waals surface area contributed by atoms with Crippen LogP contribution in [-0.4, -0.2) is 52.1 Å². The van der Waals surface area contributed by atoms with Gasteiger partial charge in [0, 0.05) is 18.8 Å². The third kappa shape index (κ3) is 11.7. The van der Waals surface area contributed by atoms with Gasteiger partial charge in [-0.15, -0.1) is 24.0 Å². The lowest BCUT2D eigenvalue weighted by atomic mass is 9.87. The summed E-state index contributed by atoms with van der Waals surface area (Å²) < 4.78 is 28.4. The molecule has 0 spiro atoms. The van der Waals surface area contributed by atoms with Crippen LogP contribution in [0.15, 0.2) is 29.3 Å². The Morgan fingerprint density at radius 1 is 1.29 bits per heavy atom. The number of halogens is 1. The standard InChI is InChI=1S/C20H35N3O3S.HI/c1-7-21-19(23-16(2)11-14-27(6,24)25)22-12-13-26-18-10-8-9-17(15-18)20(3,4)5;/h8-10,15-16H,7,11-14H2,1-6H3,(H2,21,22,23);1H. The highest BCUT2D eigenvalue weighted by molar-refractivity contribution is 14.0. The third-order valence-electron chi connectivity index (χ3n) is 3.98. The van der Waals surface area contributed by atoms with Gasteiger partial charge in [0.25, 0.3) is 0 Å². The van der Waals surface area contributed by atoms with Gasteiger partial charge in [-0.25, -0.2) is 13.4 Å². The van der Waals surface area contributed by atoms with Crippen molar-refractivity contribution in [1.29, 1.82) is 0 Å². The van der Waals surface area contributed by atoms with E-state index in [4.69, 9.17) is 4.74 Å². The first kappa shape index (κ1) is 27.0. The smallest absolute Gasteiger partial charge is 0.191 e. The Hall–Kier alpha value is -1.03. The van der Waals surface area contributed by atoms with Crippen LogP contribution in [0.4, 0.5) is 0 Å². The molecule has 0 fully saturated rings. The third-order valence-corrected chi connectivity index (χ3v) is 4.96. The highest BCUT2D eigenvalue weighted by Gasteiger charge is 2.14. The second-order valence-electron chi connectivity index (χ2n) is 7.85. The normalized spacial score (nSPS) is 13.4. The number of hydrogen-bond donors (Lipinski definition) is 2. The molecular weight excluding hydrogens is 489 g/mol. The molecule has 0 bridgehead atoms. The Morgan fingerprint density at radius 2 is 1.96 bits per heavy atom. The van der Waals surface area contributed by atoms with Gasteiger partial charge in [0.2, 0.25) is 0 Å². The molecule has 28 heavy (non-hydrogen) atoms. The molecule has 0 saturated carbocycles. The molecule has 8 heteroatoms. The van der Waals surface area contributed by atoms with E-state index in [-0.39, 0.29) is 41.2 Å². The molecule has 0 amide bonds. The van der Waals surface area contributed by atoms with Crippen LogP contribution < -0.4 is 15.4 Å². The number of guanidine groups is 1. The molecular formula is C20H36IN3O3S. The molecule has 162 valence electrons. The molecule has 2 N–H and O–H groups in total. The van der Waals surface area contributed by atoms with Gasteiger partial charge in [0.05, 0.1) is 12.3 Å². The minimum Gasteiger partial charge on any atom is -0.492 e. The maximum absolute atomic E-state index is 11.3. The molecule has 0 aromatic heterocycles. The second kappa shape index (κ2) is 12.5. The Bertz CT molecular complexity index is 716. The molecule has 1 aromatic rings. The van der Waals surface area contributed by atoms with Gasteiger partial charge >= 0.3 is 0 Å². The van der Waals surface area contributed by atoms with Crippen molar-refractivity contribution in [2.24, 2.45) is 4.99 Å². The number of nitrogens with zero attached hydrogens (tertiary/aromatic N) is 1. The topological polar surface area (TPSA) is 79.8 Å². The Balaban J connectivity index is 0.00000729. The Labute approximate surface area is 187 Å². The molecule has 0 aliphatic carbocycles. The maximum Gasteiger partial charge on any atom is 0.191 e. The zero-order valence-electron chi connectivity index (χ0n) is 17.9. The first-order valence-corrected chi connectivity index (χ1v) is 11.5. The molecule has 0 radical (unpaired) electrons.